The van der Waals surface area contributed by atoms with Crippen LogP contribution in [-0.4, -0.2) is 6.71 Å². The van der Waals surface area contributed by atoms with Gasteiger partial charge in [0.2, 0.25) is 0 Å². The highest BCUT2D eigenvalue weighted by molar-refractivity contribution is 6.98. The van der Waals surface area contributed by atoms with E-state index in [4.69, 9.17) is 9.15 Å². The van der Waals surface area contributed by atoms with Gasteiger partial charge in [0.15, 0.2) is 0 Å². The summed E-state index contributed by atoms with van der Waals surface area (Å²) in [5.74, 6) is 1.79. The predicted molar refractivity (Wildman–Crippen MR) is 162 cm³/mol. The normalized spacial score (nSPS) is 12.3. The van der Waals surface area contributed by atoms with Gasteiger partial charge in [-0.05, 0) is 51.3 Å². The lowest BCUT2D eigenvalue weighted by molar-refractivity contribution is 0.487. The van der Waals surface area contributed by atoms with E-state index in [1.807, 2.05) is 12.1 Å². The molecule has 3 heteroatoms. The summed E-state index contributed by atoms with van der Waals surface area (Å²) >= 11 is 0. The van der Waals surface area contributed by atoms with Crippen molar-refractivity contribution in [3.8, 4) is 33.8 Å². The molecule has 0 radical (unpaired) electrons. The molecule has 8 rings (SSSR count). The van der Waals surface area contributed by atoms with Crippen molar-refractivity contribution in [3.63, 3.8) is 0 Å². The van der Waals surface area contributed by atoms with Crippen molar-refractivity contribution in [2.45, 2.75) is 0 Å². The molecular formula is C36H23BO2. The van der Waals surface area contributed by atoms with Gasteiger partial charge in [-0.1, -0.05) is 121 Å². The van der Waals surface area contributed by atoms with Crippen LogP contribution in [-0.2, 0) is 0 Å². The molecule has 0 aliphatic carbocycles. The van der Waals surface area contributed by atoms with Crippen molar-refractivity contribution in [2.24, 2.45) is 0 Å². The summed E-state index contributed by atoms with van der Waals surface area (Å²) in [5, 5.41) is 2.26. The molecule has 182 valence electrons. The second kappa shape index (κ2) is 8.78. The summed E-state index contributed by atoms with van der Waals surface area (Å²) in [5.41, 5.74) is 9.93. The zero-order valence-corrected chi connectivity index (χ0v) is 21.2. The Morgan fingerprint density at radius 2 is 0.974 bits per heavy atom. The molecule has 2 heterocycles. The minimum atomic E-state index is 0.0141. The standard InChI is InChI=1S/C36H23BO2/c1-2-11-24(12-3-1)25-13-8-14-26(23-25)27-15-9-16-28-29-17-10-20-32(36(29)39-35(27)28)37-30-18-4-6-21-33(30)38-34-22-7-5-19-31(34)37/h1-23H. The Labute approximate surface area is 227 Å². The van der Waals surface area contributed by atoms with E-state index in [9.17, 15) is 0 Å². The first-order valence-electron chi connectivity index (χ1n) is 13.3. The molecule has 7 aromatic rings. The van der Waals surface area contributed by atoms with Crippen molar-refractivity contribution in [3.05, 3.63) is 140 Å². The Morgan fingerprint density at radius 3 is 1.74 bits per heavy atom. The fourth-order valence-corrected chi connectivity index (χ4v) is 6.04. The van der Waals surface area contributed by atoms with Crippen molar-refractivity contribution in [2.75, 3.05) is 0 Å². The van der Waals surface area contributed by atoms with Crippen molar-refractivity contribution in [1.82, 2.24) is 0 Å². The molecular weight excluding hydrogens is 475 g/mol. The summed E-state index contributed by atoms with van der Waals surface area (Å²) in [6.45, 7) is 0.0141. The Kier molecular flexibility index (Phi) is 4.96. The Hall–Kier alpha value is -5.02. The molecule has 0 unspecified atom stereocenters. The van der Waals surface area contributed by atoms with Crippen LogP contribution in [0.5, 0.6) is 11.5 Å². The van der Waals surface area contributed by atoms with E-state index in [0.29, 0.717) is 0 Å². The van der Waals surface area contributed by atoms with Gasteiger partial charge in [0.25, 0.3) is 6.71 Å². The van der Waals surface area contributed by atoms with Crippen LogP contribution in [0.1, 0.15) is 0 Å². The van der Waals surface area contributed by atoms with Gasteiger partial charge in [-0.2, -0.15) is 0 Å². The lowest BCUT2D eigenvalue weighted by Crippen LogP contribution is -2.54. The van der Waals surface area contributed by atoms with Gasteiger partial charge in [-0.25, -0.2) is 0 Å². The number of benzene rings is 6. The minimum absolute atomic E-state index is 0.0141. The first kappa shape index (κ1) is 22.0. The number of para-hydroxylation sites is 4. The molecule has 1 aliphatic rings. The summed E-state index contributed by atoms with van der Waals surface area (Å²) in [4.78, 5) is 0. The van der Waals surface area contributed by atoms with Crippen LogP contribution < -0.4 is 21.1 Å². The average molecular weight is 498 g/mol. The molecule has 1 aliphatic heterocycles. The monoisotopic (exact) mass is 498 g/mol. The molecule has 6 aromatic carbocycles. The molecule has 0 N–H and O–H groups in total. The van der Waals surface area contributed by atoms with Crippen LogP contribution in [0, 0.1) is 0 Å². The molecule has 0 saturated heterocycles. The van der Waals surface area contributed by atoms with Crippen LogP contribution in [0.15, 0.2) is 144 Å². The van der Waals surface area contributed by atoms with Gasteiger partial charge in [0.05, 0.1) is 0 Å². The van der Waals surface area contributed by atoms with E-state index in [2.05, 4.69) is 127 Å². The lowest BCUT2D eigenvalue weighted by atomic mass is 9.35. The third kappa shape index (κ3) is 3.51. The van der Waals surface area contributed by atoms with E-state index in [1.165, 1.54) is 11.1 Å². The molecule has 0 fully saturated rings. The van der Waals surface area contributed by atoms with Gasteiger partial charge in [-0.3, -0.25) is 0 Å². The van der Waals surface area contributed by atoms with Crippen molar-refractivity contribution < 1.29 is 9.15 Å². The maximum Gasteiger partial charge on any atom is 0.255 e. The maximum absolute atomic E-state index is 6.86. The topological polar surface area (TPSA) is 22.4 Å². The van der Waals surface area contributed by atoms with E-state index in [1.54, 1.807) is 0 Å². The van der Waals surface area contributed by atoms with Crippen LogP contribution in [0.25, 0.3) is 44.2 Å². The van der Waals surface area contributed by atoms with Gasteiger partial charge in [0.1, 0.15) is 22.7 Å². The maximum atomic E-state index is 6.86. The van der Waals surface area contributed by atoms with Gasteiger partial charge in [0, 0.05) is 16.3 Å². The highest BCUT2D eigenvalue weighted by Crippen LogP contribution is 2.37. The Balaban J connectivity index is 1.35. The van der Waals surface area contributed by atoms with Crippen LogP contribution >= 0.6 is 0 Å². The molecule has 0 spiro atoms. The predicted octanol–water partition coefficient (Wildman–Crippen LogP) is 7.54. The number of rotatable bonds is 3. The smallest absolute Gasteiger partial charge is 0.255 e. The molecule has 1 aromatic heterocycles. The van der Waals surface area contributed by atoms with Crippen LogP contribution in [0.3, 0.4) is 0 Å². The fourth-order valence-electron chi connectivity index (χ4n) is 6.04. The molecule has 0 bridgehead atoms. The first-order valence-corrected chi connectivity index (χ1v) is 13.3. The summed E-state index contributed by atoms with van der Waals surface area (Å²) in [7, 11) is 0. The summed E-state index contributed by atoms with van der Waals surface area (Å²) in [6.07, 6.45) is 0. The van der Waals surface area contributed by atoms with Crippen molar-refractivity contribution >= 4 is 45.0 Å². The Bertz CT molecular complexity index is 1960. The van der Waals surface area contributed by atoms with E-state index in [-0.39, 0.29) is 6.71 Å². The minimum Gasteiger partial charge on any atom is -0.458 e. The number of hydrogen-bond donors (Lipinski definition) is 0. The van der Waals surface area contributed by atoms with Gasteiger partial charge < -0.3 is 9.15 Å². The molecule has 39 heavy (non-hydrogen) atoms. The number of furan rings is 1. The highest BCUT2D eigenvalue weighted by Gasteiger charge is 2.34. The number of ether oxygens (including phenoxy) is 1. The SMILES string of the molecule is c1ccc(-c2cccc(-c3cccc4c3oc3c(B5c6ccccc6Oc6ccccc65)cccc34)c2)cc1. The first-order chi connectivity index (χ1) is 19.3. The van der Waals surface area contributed by atoms with Gasteiger partial charge in [-0.15, -0.1) is 0 Å². The second-order valence-corrected chi connectivity index (χ2v) is 10.1. The lowest BCUT2D eigenvalue weighted by Gasteiger charge is -2.26. The van der Waals surface area contributed by atoms with Crippen LogP contribution in [0.2, 0.25) is 0 Å². The van der Waals surface area contributed by atoms with Crippen LogP contribution in [0.4, 0.5) is 0 Å². The molecule has 2 nitrogen and oxygen atoms in total. The van der Waals surface area contributed by atoms with E-state index in [0.717, 1.165) is 61.0 Å². The van der Waals surface area contributed by atoms with E-state index < -0.39 is 0 Å². The van der Waals surface area contributed by atoms with E-state index >= 15 is 0 Å². The highest BCUT2D eigenvalue weighted by atomic mass is 16.5. The molecule has 0 saturated carbocycles. The largest absolute Gasteiger partial charge is 0.458 e. The summed E-state index contributed by atoms with van der Waals surface area (Å²) < 4.78 is 13.2. The molecule has 0 atom stereocenters. The van der Waals surface area contributed by atoms with Crippen molar-refractivity contribution in [1.29, 1.82) is 0 Å². The average Bonchev–Trinajstić information content (AvgIpc) is 3.40. The second-order valence-electron chi connectivity index (χ2n) is 10.1. The summed E-state index contributed by atoms with van der Waals surface area (Å²) in [6, 6.07) is 48.9. The third-order valence-electron chi connectivity index (χ3n) is 7.83. The third-order valence-corrected chi connectivity index (χ3v) is 7.83. The number of fused-ring (bicyclic) bond motifs is 5. The quantitative estimate of drug-likeness (QED) is 0.235. The molecule has 0 amide bonds. The zero-order valence-electron chi connectivity index (χ0n) is 21.2. The fraction of sp³-hybridized carbons (Fsp3) is 0. The zero-order chi connectivity index (χ0) is 25.8. The van der Waals surface area contributed by atoms with Gasteiger partial charge >= 0.3 is 0 Å². The Morgan fingerprint density at radius 1 is 0.410 bits per heavy atom. The number of hydrogen-bond acceptors (Lipinski definition) is 2.